The maximum absolute atomic E-state index is 5.95. The number of hydrogen-bond acceptors (Lipinski definition) is 4. The van der Waals surface area contributed by atoms with Crippen molar-refractivity contribution in [2.75, 3.05) is 5.73 Å². The molecule has 0 radical (unpaired) electrons. The minimum Gasteiger partial charge on any atom is -0.398 e. The van der Waals surface area contributed by atoms with E-state index in [9.17, 15) is 0 Å². The first-order chi connectivity index (χ1) is 8.34. The number of para-hydroxylation sites is 1. The molecule has 1 aromatic heterocycles. The molecule has 0 bridgehead atoms. The molecule has 1 aliphatic rings. The number of rotatable bonds is 3. The second-order valence-corrected chi connectivity index (χ2v) is 4.57. The zero-order valence-electron chi connectivity index (χ0n) is 9.58. The van der Waals surface area contributed by atoms with Gasteiger partial charge in [0.2, 0.25) is 0 Å². The molecule has 88 valence electrons. The standard InChI is InChI=1S/C12H15N5/c13-11-7-2-1-6-10(11)12-14-15-16-17(12)8-9-4-3-5-9/h1-2,6-7,9H,3-5,8,13H2. The number of tetrazole rings is 1. The average molecular weight is 229 g/mol. The largest absolute Gasteiger partial charge is 0.398 e. The average Bonchev–Trinajstić information content (AvgIpc) is 2.72. The fourth-order valence-corrected chi connectivity index (χ4v) is 2.14. The summed E-state index contributed by atoms with van der Waals surface area (Å²) in [6.07, 6.45) is 3.89. The Balaban J connectivity index is 1.92. The van der Waals surface area contributed by atoms with Crippen molar-refractivity contribution >= 4 is 5.69 Å². The summed E-state index contributed by atoms with van der Waals surface area (Å²) in [4.78, 5) is 0. The molecule has 1 fully saturated rings. The number of aromatic nitrogens is 4. The van der Waals surface area contributed by atoms with E-state index in [0.717, 1.165) is 29.5 Å². The van der Waals surface area contributed by atoms with Crippen molar-refractivity contribution < 1.29 is 0 Å². The van der Waals surface area contributed by atoms with Gasteiger partial charge >= 0.3 is 0 Å². The number of hydrogen-bond donors (Lipinski definition) is 1. The molecule has 1 saturated carbocycles. The van der Waals surface area contributed by atoms with Gasteiger partial charge in [-0.15, -0.1) is 5.10 Å². The lowest BCUT2D eigenvalue weighted by Gasteiger charge is -2.25. The van der Waals surface area contributed by atoms with Crippen LogP contribution in [0.25, 0.3) is 11.4 Å². The third-order valence-electron chi connectivity index (χ3n) is 3.39. The van der Waals surface area contributed by atoms with Gasteiger partial charge in [0.05, 0.1) is 0 Å². The normalized spacial score (nSPS) is 15.8. The molecule has 1 aliphatic carbocycles. The van der Waals surface area contributed by atoms with Gasteiger partial charge in [0.25, 0.3) is 0 Å². The molecule has 17 heavy (non-hydrogen) atoms. The molecule has 3 rings (SSSR count). The molecule has 1 heterocycles. The Kier molecular flexibility index (Phi) is 2.51. The number of benzene rings is 1. The van der Waals surface area contributed by atoms with Gasteiger partial charge in [0, 0.05) is 17.8 Å². The van der Waals surface area contributed by atoms with Gasteiger partial charge in [-0.25, -0.2) is 4.68 Å². The highest BCUT2D eigenvalue weighted by atomic mass is 15.5. The molecule has 5 nitrogen and oxygen atoms in total. The molecular weight excluding hydrogens is 214 g/mol. The molecule has 0 atom stereocenters. The first-order valence-electron chi connectivity index (χ1n) is 5.95. The minimum absolute atomic E-state index is 0.720. The van der Waals surface area contributed by atoms with Crippen molar-refractivity contribution in [3.63, 3.8) is 0 Å². The van der Waals surface area contributed by atoms with E-state index in [2.05, 4.69) is 15.5 Å². The van der Waals surface area contributed by atoms with Crippen LogP contribution in [0.15, 0.2) is 24.3 Å². The molecule has 5 heteroatoms. The van der Waals surface area contributed by atoms with E-state index in [1.165, 1.54) is 19.3 Å². The fourth-order valence-electron chi connectivity index (χ4n) is 2.14. The molecule has 0 saturated heterocycles. The molecule has 0 amide bonds. The third kappa shape index (κ3) is 1.88. The van der Waals surface area contributed by atoms with E-state index in [1.54, 1.807) is 0 Å². The summed E-state index contributed by atoms with van der Waals surface area (Å²) in [5, 5.41) is 11.9. The maximum Gasteiger partial charge on any atom is 0.184 e. The Morgan fingerprint density at radius 1 is 1.29 bits per heavy atom. The number of anilines is 1. The zero-order chi connectivity index (χ0) is 11.7. The number of nitrogen functional groups attached to an aromatic ring is 1. The lowest BCUT2D eigenvalue weighted by molar-refractivity contribution is 0.265. The van der Waals surface area contributed by atoms with Crippen LogP contribution in [0.2, 0.25) is 0 Å². The van der Waals surface area contributed by atoms with Gasteiger partial charge in [-0.1, -0.05) is 18.6 Å². The summed E-state index contributed by atoms with van der Waals surface area (Å²) in [5.74, 6) is 1.50. The lowest BCUT2D eigenvalue weighted by atomic mass is 9.85. The van der Waals surface area contributed by atoms with Gasteiger partial charge in [-0.05, 0) is 41.3 Å². The number of nitrogens with two attached hydrogens (primary N) is 1. The van der Waals surface area contributed by atoms with Gasteiger partial charge < -0.3 is 5.73 Å². The minimum atomic E-state index is 0.720. The van der Waals surface area contributed by atoms with E-state index in [0.29, 0.717) is 0 Å². The summed E-state index contributed by atoms with van der Waals surface area (Å²) in [6.45, 7) is 0.899. The summed E-state index contributed by atoms with van der Waals surface area (Å²) >= 11 is 0. The SMILES string of the molecule is Nc1ccccc1-c1nnnn1CC1CCC1. The molecule has 1 aromatic carbocycles. The topological polar surface area (TPSA) is 69.6 Å². The Bertz CT molecular complexity index is 515. The lowest BCUT2D eigenvalue weighted by Crippen LogP contribution is -2.19. The molecule has 0 unspecified atom stereocenters. The first-order valence-corrected chi connectivity index (χ1v) is 5.95. The predicted octanol–water partition coefficient (Wildman–Crippen LogP) is 1.72. The van der Waals surface area contributed by atoms with Crippen molar-refractivity contribution in [2.45, 2.75) is 25.8 Å². The van der Waals surface area contributed by atoms with E-state index in [1.807, 2.05) is 28.9 Å². The highest BCUT2D eigenvalue weighted by Gasteiger charge is 2.21. The van der Waals surface area contributed by atoms with Crippen LogP contribution in [0, 0.1) is 5.92 Å². The summed E-state index contributed by atoms with van der Waals surface area (Å²) in [5.41, 5.74) is 7.58. The molecular formula is C12H15N5. The van der Waals surface area contributed by atoms with Crippen molar-refractivity contribution in [1.29, 1.82) is 0 Å². The molecule has 2 N–H and O–H groups in total. The van der Waals surface area contributed by atoms with E-state index in [-0.39, 0.29) is 0 Å². The molecule has 0 aliphatic heterocycles. The van der Waals surface area contributed by atoms with Crippen LogP contribution in [-0.2, 0) is 6.54 Å². The second-order valence-electron chi connectivity index (χ2n) is 4.57. The highest BCUT2D eigenvalue weighted by Crippen LogP contribution is 2.29. The monoisotopic (exact) mass is 229 g/mol. The Hall–Kier alpha value is -1.91. The highest BCUT2D eigenvalue weighted by molar-refractivity contribution is 5.70. The van der Waals surface area contributed by atoms with E-state index in [4.69, 9.17) is 5.73 Å². The maximum atomic E-state index is 5.95. The van der Waals surface area contributed by atoms with Crippen molar-refractivity contribution in [3.05, 3.63) is 24.3 Å². The van der Waals surface area contributed by atoms with Crippen LogP contribution in [-0.4, -0.2) is 20.2 Å². The Labute approximate surface area is 99.6 Å². The van der Waals surface area contributed by atoms with Crippen molar-refractivity contribution in [2.24, 2.45) is 5.92 Å². The van der Waals surface area contributed by atoms with Crippen LogP contribution in [0.1, 0.15) is 19.3 Å². The molecule has 0 spiro atoms. The van der Waals surface area contributed by atoms with Crippen LogP contribution in [0.3, 0.4) is 0 Å². The van der Waals surface area contributed by atoms with Crippen LogP contribution in [0.4, 0.5) is 5.69 Å². The smallest absolute Gasteiger partial charge is 0.184 e. The van der Waals surface area contributed by atoms with Crippen LogP contribution >= 0.6 is 0 Å². The summed E-state index contributed by atoms with van der Waals surface area (Å²) in [6, 6.07) is 7.70. The summed E-state index contributed by atoms with van der Waals surface area (Å²) in [7, 11) is 0. The van der Waals surface area contributed by atoms with Crippen molar-refractivity contribution in [3.8, 4) is 11.4 Å². The molecule has 2 aromatic rings. The Morgan fingerprint density at radius 2 is 2.12 bits per heavy atom. The van der Waals surface area contributed by atoms with Gasteiger partial charge in [0.15, 0.2) is 5.82 Å². The van der Waals surface area contributed by atoms with E-state index < -0.39 is 0 Å². The zero-order valence-corrected chi connectivity index (χ0v) is 9.58. The third-order valence-corrected chi connectivity index (χ3v) is 3.39. The van der Waals surface area contributed by atoms with Gasteiger partial charge in [0.1, 0.15) is 0 Å². The van der Waals surface area contributed by atoms with Crippen LogP contribution < -0.4 is 5.73 Å². The van der Waals surface area contributed by atoms with Gasteiger partial charge in [-0.3, -0.25) is 0 Å². The first kappa shape index (κ1) is 10.3. The Morgan fingerprint density at radius 3 is 2.82 bits per heavy atom. The fraction of sp³-hybridized carbons (Fsp3) is 0.417. The van der Waals surface area contributed by atoms with Crippen LogP contribution in [0.5, 0.6) is 0 Å². The second kappa shape index (κ2) is 4.16. The predicted molar refractivity (Wildman–Crippen MR) is 65.0 cm³/mol. The quantitative estimate of drug-likeness (QED) is 0.813. The number of nitrogens with zero attached hydrogens (tertiary/aromatic N) is 4. The van der Waals surface area contributed by atoms with E-state index >= 15 is 0 Å². The van der Waals surface area contributed by atoms with Crippen molar-refractivity contribution in [1.82, 2.24) is 20.2 Å². The summed E-state index contributed by atoms with van der Waals surface area (Å²) < 4.78 is 1.87. The van der Waals surface area contributed by atoms with Gasteiger partial charge in [-0.2, -0.15) is 0 Å².